The third kappa shape index (κ3) is 4.75. The number of ether oxygens (including phenoxy) is 2. The van der Waals surface area contributed by atoms with Crippen LogP contribution in [0, 0.1) is 10.8 Å². The van der Waals surface area contributed by atoms with Crippen LogP contribution in [0.25, 0.3) is 11.1 Å². The number of hydrogen-bond donors (Lipinski definition) is 3. The molecule has 1 aliphatic carbocycles. The first-order valence-electron chi connectivity index (χ1n) is 11.8. The smallest absolute Gasteiger partial charge is 0.407 e. The summed E-state index contributed by atoms with van der Waals surface area (Å²) < 4.78 is 11.1. The van der Waals surface area contributed by atoms with Gasteiger partial charge >= 0.3 is 12.1 Å². The summed E-state index contributed by atoms with van der Waals surface area (Å²) in [4.78, 5) is 37.6. The molecule has 0 aromatic heterocycles. The van der Waals surface area contributed by atoms with Crippen molar-refractivity contribution < 1.29 is 29.0 Å². The quantitative estimate of drug-likeness (QED) is 0.583. The van der Waals surface area contributed by atoms with E-state index in [-0.39, 0.29) is 25.7 Å². The minimum atomic E-state index is -1.13. The predicted molar refractivity (Wildman–Crippen MR) is 130 cm³/mol. The molecule has 8 nitrogen and oxygen atoms in total. The molecule has 1 aliphatic heterocycles. The molecule has 0 radical (unpaired) electrons. The van der Waals surface area contributed by atoms with Gasteiger partial charge in [-0.05, 0) is 34.6 Å². The lowest BCUT2D eigenvalue weighted by Gasteiger charge is -2.33. The van der Waals surface area contributed by atoms with Crippen molar-refractivity contribution in [1.29, 1.82) is 0 Å². The fourth-order valence-electron chi connectivity index (χ4n) is 4.83. The summed E-state index contributed by atoms with van der Waals surface area (Å²) in [6.45, 7) is 7.22. The number of hydrogen-bond acceptors (Lipinski definition) is 5. The maximum absolute atomic E-state index is 13.1. The van der Waals surface area contributed by atoms with E-state index in [1.807, 2.05) is 36.4 Å². The maximum atomic E-state index is 13.1. The molecule has 8 heteroatoms. The summed E-state index contributed by atoms with van der Waals surface area (Å²) in [5.74, 6) is -1.68. The number of rotatable bonds is 6. The van der Waals surface area contributed by atoms with Crippen molar-refractivity contribution in [3.05, 3.63) is 59.7 Å². The third-order valence-corrected chi connectivity index (χ3v) is 7.00. The van der Waals surface area contributed by atoms with Crippen LogP contribution < -0.4 is 10.6 Å². The Morgan fingerprint density at radius 3 is 2.20 bits per heavy atom. The molecule has 2 aromatic carbocycles. The molecule has 0 bridgehead atoms. The minimum Gasteiger partial charge on any atom is -0.480 e. The second kappa shape index (κ2) is 9.34. The number of amides is 2. The lowest BCUT2D eigenvalue weighted by molar-refractivity contribution is -0.147. The number of carbonyl (C=O) groups excluding carboxylic acids is 2. The lowest BCUT2D eigenvalue weighted by Crippen LogP contribution is -2.58. The third-order valence-electron chi connectivity index (χ3n) is 7.00. The zero-order valence-electron chi connectivity index (χ0n) is 20.5. The average molecular weight is 481 g/mol. The second-order valence-corrected chi connectivity index (χ2v) is 10.6. The largest absolute Gasteiger partial charge is 0.480 e. The molecule has 3 atom stereocenters. The Morgan fingerprint density at radius 2 is 1.66 bits per heavy atom. The summed E-state index contributed by atoms with van der Waals surface area (Å²) in [7, 11) is 0. The molecular weight excluding hydrogens is 448 g/mol. The van der Waals surface area contributed by atoms with E-state index in [4.69, 9.17) is 9.47 Å². The van der Waals surface area contributed by atoms with E-state index in [1.54, 1.807) is 27.7 Å². The number of nitrogens with one attached hydrogen (secondary N) is 2. The van der Waals surface area contributed by atoms with Crippen LogP contribution in [0.15, 0.2) is 48.5 Å². The summed E-state index contributed by atoms with van der Waals surface area (Å²) in [6, 6.07) is 14.4. The van der Waals surface area contributed by atoms with E-state index in [2.05, 4.69) is 22.8 Å². The lowest BCUT2D eigenvalue weighted by atomic mass is 9.81. The summed E-state index contributed by atoms with van der Waals surface area (Å²) >= 11 is 0. The molecule has 2 aromatic rings. The van der Waals surface area contributed by atoms with Gasteiger partial charge in [0, 0.05) is 5.92 Å². The van der Waals surface area contributed by atoms with E-state index in [0.29, 0.717) is 0 Å². The van der Waals surface area contributed by atoms with Gasteiger partial charge in [0.25, 0.3) is 0 Å². The van der Waals surface area contributed by atoms with Gasteiger partial charge in [-0.25, -0.2) is 9.59 Å². The molecule has 0 saturated carbocycles. The molecule has 1 fully saturated rings. The van der Waals surface area contributed by atoms with E-state index in [0.717, 1.165) is 22.3 Å². The topological polar surface area (TPSA) is 114 Å². The van der Waals surface area contributed by atoms with Crippen molar-refractivity contribution in [2.24, 2.45) is 10.8 Å². The number of benzene rings is 2. The first-order valence-corrected chi connectivity index (χ1v) is 11.8. The molecule has 2 aliphatic rings. The predicted octanol–water partition coefficient (Wildman–Crippen LogP) is 3.55. The average Bonchev–Trinajstić information content (AvgIpc) is 3.33. The van der Waals surface area contributed by atoms with E-state index in [9.17, 15) is 19.5 Å². The highest BCUT2D eigenvalue weighted by molar-refractivity contribution is 5.89. The molecule has 0 spiro atoms. The van der Waals surface area contributed by atoms with Gasteiger partial charge in [0.2, 0.25) is 5.91 Å². The highest BCUT2D eigenvalue weighted by atomic mass is 16.5. The Bertz CT molecular complexity index is 1090. The highest BCUT2D eigenvalue weighted by Gasteiger charge is 2.49. The summed E-state index contributed by atoms with van der Waals surface area (Å²) in [5, 5.41) is 15.0. The molecule has 186 valence electrons. The van der Waals surface area contributed by atoms with Gasteiger partial charge in [-0.3, -0.25) is 4.79 Å². The number of carboxylic acid groups (broad SMARTS) is 1. The van der Waals surface area contributed by atoms with Gasteiger partial charge in [-0.15, -0.1) is 0 Å². The van der Waals surface area contributed by atoms with Gasteiger partial charge in [0.1, 0.15) is 12.6 Å². The van der Waals surface area contributed by atoms with Crippen molar-refractivity contribution in [2.75, 3.05) is 19.8 Å². The van der Waals surface area contributed by atoms with Gasteiger partial charge in [0.15, 0.2) is 0 Å². The Labute approximate surface area is 205 Å². The maximum Gasteiger partial charge on any atom is 0.407 e. The normalized spacial score (nSPS) is 22.1. The highest BCUT2D eigenvalue weighted by Crippen LogP contribution is 2.44. The van der Waals surface area contributed by atoms with Gasteiger partial charge in [-0.1, -0.05) is 69.3 Å². The van der Waals surface area contributed by atoms with Gasteiger partial charge in [-0.2, -0.15) is 0 Å². The Morgan fingerprint density at radius 1 is 1.09 bits per heavy atom. The molecule has 4 rings (SSSR count). The first kappa shape index (κ1) is 24.7. The molecule has 3 N–H and O–H groups in total. The fourth-order valence-corrected chi connectivity index (χ4v) is 4.83. The fraction of sp³-hybridized carbons (Fsp3) is 0.444. The first-order chi connectivity index (χ1) is 16.5. The van der Waals surface area contributed by atoms with E-state index < -0.39 is 40.9 Å². The molecule has 1 heterocycles. The van der Waals surface area contributed by atoms with Crippen LogP contribution in [-0.2, 0) is 19.1 Å². The number of fused-ring (bicyclic) bond motifs is 3. The Hall–Kier alpha value is -3.39. The van der Waals surface area contributed by atoms with Crippen LogP contribution in [0.1, 0.15) is 44.7 Å². The molecule has 1 saturated heterocycles. The summed E-state index contributed by atoms with van der Waals surface area (Å²) in [6.07, 6.45) is -0.646. The standard InChI is InChI=1S/C27H32N2O6/c1-26(2,3)22(23(30)31)29-24(32)27(4)15-34-14-21(27)28-25(33)35-13-20-18-11-7-5-9-16(18)17-10-6-8-12-19(17)20/h5-12,20-22H,13-15H2,1-4H3,(H,28,33)(H,29,32)(H,30,31)/t21?,22-,27?/m0/s1. The van der Waals surface area contributed by atoms with Crippen molar-refractivity contribution >= 4 is 18.0 Å². The molecular formula is C27H32N2O6. The van der Waals surface area contributed by atoms with Crippen LogP contribution >= 0.6 is 0 Å². The number of aliphatic carboxylic acids is 1. The number of carboxylic acids is 1. The van der Waals surface area contributed by atoms with Crippen molar-refractivity contribution in [1.82, 2.24) is 10.6 Å². The van der Waals surface area contributed by atoms with Gasteiger partial charge in [0.05, 0.1) is 24.7 Å². The van der Waals surface area contributed by atoms with Crippen LogP contribution in [0.3, 0.4) is 0 Å². The summed E-state index contributed by atoms with van der Waals surface area (Å²) in [5.41, 5.74) is 2.67. The second-order valence-electron chi connectivity index (χ2n) is 10.6. The van der Waals surface area contributed by atoms with E-state index >= 15 is 0 Å². The van der Waals surface area contributed by atoms with Gasteiger partial charge < -0.3 is 25.2 Å². The Balaban J connectivity index is 1.42. The number of alkyl carbamates (subject to hydrolysis) is 1. The zero-order valence-corrected chi connectivity index (χ0v) is 20.5. The molecule has 35 heavy (non-hydrogen) atoms. The van der Waals surface area contributed by atoms with Crippen LogP contribution in [-0.4, -0.2) is 55.0 Å². The van der Waals surface area contributed by atoms with Crippen molar-refractivity contribution in [3.8, 4) is 11.1 Å². The van der Waals surface area contributed by atoms with Crippen molar-refractivity contribution in [3.63, 3.8) is 0 Å². The monoisotopic (exact) mass is 480 g/mol. The van der Waals surface area contributed by atoms with Crippen molar-refractivity contribution in [2.45, 2.75) is 45.7 Å². The SMILES string of the molecule is CC1(C(=O)N[C@@H](C(=O)O)C(C)(C)C)COCC1NC(=O)OCC1c2ccccc2-c2ccccc21. The minimum absolute atomic E-state index is 0.0592. The zero-order chi connectivity index (χ0) is 25.4. The molecule has 2 unspecified atom stereocenters. The van der Waals surface area contributed by atoms with Crippen LogP contribution in [0.4, 0.5) is 4.79 Å². The Kier molecular flexibility index (Phi) is 6.60. The van der Waals surface area contributed by atoms with Crippen LogP contribution in [0.2, 0.25) is 0 Å². The van der Waals surface area contributed by atoms with E-state index in [1.165, 1.54) is 0 Å². The van der Waals surface area contributed by atoms with Crippen LogP contribution in [0.5, 0.6) is 0 Å². The molecule has 2 amide bonds. The number of carbonyl (C=O) groups is 3.